The molecule has 1 aliphatic carbocycles. The molecule has 126 valence electrons. The first kappa shape index (κ1) is 16.0. The van der Waals surface area contributed by atoms with Gasteiger partial charge in [0.2, 0.25) is 0 Å². The largest absolute Gasteiger partial charge is 0.453 e. The maximum Gasteiger partial charge on any atom is 0.453 e. The van der Waals surface area contributed by atoms with Gasteiger partial charge in [-0.25, -0.2) is 0 Å². The van der Waals surface area contributed by atoms with E-state index in [1.165, 1.54) is 12.8 Å². The van der Waals surface area contributed by atoms with Crippen LogP contribution >= 0.6 is 0 Å². The number of hydrogen-bond acceptors (Lipinski definition) is 4. The van der Waals surface area contributed by atoms with Crippen LogP contribution in [0.2, 0.25) is 0 Å². The number of hydrogen-bond donors (Lipinski definition) is 1. The Labute approximate surface area is 132 Å². The molecule has 1 fully saturated rings. The molecule has 0 atom stereocenters. The third kappa shape index (κ3) is 3.11. The number of anilines is 1. The van der Waals surface area contributed by atoms with Gasteiger partial charge in [-0.05, 0) is 32.3 Å². The number of halogens is 3. The maximum atomic E-state index is 13.0. The zero-order valence-electron chi connectivity index (χ0n) is 13.2. The third-order valence-corrected chi connectivity index (χ3v) is 4.54. The van der Waals surface area contributed by atoms with Crippen molar-refractivity contribution in [3.05, 3.63) is 17.0 Å². The number of nitrogens with zero attached hydrogens (tertiary/aromatic N) is 4. The van der Waals surface area contributed by atoms with Crippen LogP contribution in [-0.4, -0.2) is 25.9 Å². The Morgan fingerprint density at radius 3 is 2.26 bits per heavy atom. The van der Waals surface area contributed by atoms with Crippen molar-refractivity contribution in [1.29, 1.82) is 0 Å². The molecule has 0 aromatic carbocycles. The summed E-state index contributed by atoms with van der Waals surface area (Å²) in [7, 11) is 0. The lowest BCUT2D eigenvalue weighted by molar-refractivity contribution is -0.146. The zero-order valence-corrected chi connectivity index (χ0v) is 13.2. The average molecular weight is 327 g/mol. The number of aromatic nitrogens is 4. The zero-order chi connectivity index (χ0) is 16.6. The van der Waals surface area contributed by atoms with Gasteiger partial charge < -0.3 is 5.32 Å². The smallest absolute Gasteiger partial charge is 0.366 e. The summed E-state index contributed by atoms with van der Waals surface area (Å²) in [4.78, 5) is 0. The number of rotatable bonds is 2. The molecule has 0 radical (unpaired) electrons. The molecule has 1 N–H and O–H groups in total. The van der Waals surface area contributed by atoms with E-state index in [0.717, 1.165) is 35.8 Å². The van der Waals surface area contributed by atoms with E-state index in [9.17, 15) is 13.2 Å². The first-order chi connectivity index (χ1) is 10.9. The number of nitrogens with one attached hydrogen (secondary N) is 1. The highest BCUT2D eigenvalue weighted by Gasteiger charge is 2.38. The van der Waals surface area contributed by atoms with Gasteiger partial charge in [0, 0.05) is 11.6 Å². The lowest BCUT2D eigenvalue weighted by atomic mass is 10.1. The van der Waals surface area contributed by atoms with Crippen LogP contribution in [0.3, 0.4) is 0 Å². The van der Waals surface area contributed by atoms with E-state index in [1.807, 2.05) is 6.92 Å². The fourth-order valence-corrected chi connectivity index (χ4v) is 3.06. The van der Waals surface area contributed by atoms with Gasteiger partial charge in [-0.2, -0.15) is 17.7 Å². The van der Waals surface area contributed by atoms with Crippen molar-refractivity contribution in [2.24, 2.45) is 0 Å². The SMILES string of the molecule is Cc1c(NC2CCCCCC2)nn2c(C(F)(F)F)nnc2c1C. The quantitative estimate of drug-likeness (QED) is 0.850. The van der Waals surface area contributed by atoms with Crippen molar-refractivity contribution in [3.63, 3.8) is 0 Å². The topological polar surface area (TPSA) is 55.1 Å². The lowest BCUT2D eigenvalue weighted by Crippen LogP contribution is -2.22. The molecule has 0 spiro atoms. The second kappa shape index (κ2) is 5.98. The summed E-state index contributed by atoms with van der Waals surface area (Å²) in [6.45, 7) is 3.60. The van der Waals surface area contributed by atoms with E-state index in [0.29, 0.717) is 11.4 Å². The molecule has 0 aliphatic heterocycles. The molecule has 8 heteroatoms. The van der Waals surface area contributed by atoms with Crippen LogP contribution in [0.25, 0.3) is 5.65 Å². The molecular formula is C15H20F3N5. The fraction of sp³-hybridized carbons (Fsp3) is 0.667. The summed E-state index contributed by atoms with van der Waals surface area (Å²) >= 11 is 0. The predicted octanol–water partition coefficient (Wildman–Crippen LogP) is 3.89. The van der Waals surface area contributed by atoms with Gasteiger partial charge in [0.25, 0.3) is 5.82 Å². The molecule has 0 unspecified atom stereocenters. The standard InChI is InChI=1S/C15H20F3N5/c1-9-10(2)13-20-21-14(15(16,17)18)23(13)22-12(9)19-11-7-5-3-4-6-8-11/h11H,3-8H2,1-2H3,(H,19,22). The van der Waals surface area contributed by atoms with Gasteiger partial charge in [-0.3, -0.25) is 0 Å². The highest BCUT2D eigenvalue weighted by molar-refractivity contribution is 5.58. The van der Waals surface area contributed by atoms with Crippen molar-refractivity contribution in [2.45, 2.75) is 64.6 Å². The van der Waals surface area contributed by atoms with E-state index < -0.39 is 12.0 Å². The Morgan fingerprint density at radius 2 is 1.65 bits per heavy atom. The van der Waals surface area contributed by atoms with Gasteiger partial charge in [-0.1, -0.05) is 25.7 Å². The molecule has 0 amide bonds. The normalized spacial score (nSPS) is 17.4. The second-order valence-electron chi connectivity index (χ2n) is 6.19. The van der Waals surface area contributed by atoms with Gasteiger partial charge in [0.15, 0.2) is 11.5 Å². The maximum absolute atomic E-state index is 13.0. The van der Waals surface area contributed by atoms with Crippen LogP contribution in [0.5, 0.6) is 0 Å². The van der Waals surface area contributed by atoms with Crippen LogP contribution in [0.4, 0.5) is 19.0 Å². The van der Waals surface area contributed by atoms with E-state index >= 15 is 0 Å². The second-order valence-corrected chi connectivity index (χ2v) is 6.19. The molecule has 2 aromatic heterocycles. The minimum absolute atomic E-state index is 0.154. The summed E-state index contributed by atoms with van der Waals surface area (Å²) in [6, 6.07) is 0.256. The van der Waals surface area contributed by atoms with Gasteiger partial charge in [-0.15, -0.1) is 15.3 Å². The molecule has 2 aromatic rings. The molecule has 23 heavy (non-hydrogen) atoms. The van der Waals surface area contributed by atoms with Crippen LogP contribution in [0.1, 0.15) is 55.5 Å². The molecule has 3 rings (SSSR count). The van der Waals surface area contributed by atoms with Crippen LogP contribution in [0.15, 0.2) is 0 Å². The summed E-state index contributed by atoms with van der Waals surface area (Å²) < 4.78 is 39.9. The first-order valence-electron chi connectivity index (χ1n) is 7.94. The Kier molecular flexibility index (Phi) is 4.16. The van der Waals surface area contributed by atoms with E-state index in [1.54, 1.807) is 6.92 Å². The van der Waals surface area contributed by atoms with Crippen LogP contribution in [-0.2, 0) is 6.18 Å². The first-order valence-corrected chi connectivity index (χ1v) is 7.94. The van der Waals surface area contributed by atoms with Crippen molar-refractivity contribution in [2.75, 3.05) is 5.32 Å². The van der Waals surface area contributed by atoms with Crippen LogP contribution < -0.4 is 5.32 Å². The fourth-order valence-electron chi connectivity index (χ4n) is 3.06. The number of fused-ring (bicyclic) bond motifs is 1. The summed E-state index contributed by atoms with van der Waals surface area (Å²) in [5, 5.41) is 14.4. The van der Waals surface area contributed by atoms with Gasteiger partial charge in [0.05, 0.1) is 0 Å². The molecule has 2 heterocycles. The van der Waals surface area contributed by atoms with Gasteiger partial charge in [0.1, 0.15) is 0 Å². The number of alkyl halides is 3. The van der Waals surface area contributed by atoms with E-state index in [4.69, 9.17) is 0 Å². The average Bonchev–Trinajstić information content (AvgIpc) is 2.75. The third-order valence-electron chi connectivity index (χ3n) is 4.54. The Morgan fingerprint density at radius 1 is 1.00 bits per heavy atom. The predicted molar refractivity (Wildman–Crippen MR) is 80.4 cm³/mol. The molecule has 1 saturated carbocycles. The highest BCUT2D eigenvalue weighted by Crippen LogP contribution is 2.30. The summed E-state index contributed by atoms with van der Waals surface area (Å²) in [5.74, 6) is -0.591. The van der Waals surface area contributed by atoms with Crippen molar-refractivity contribution < 1.29 is 13.2 Å². The highest BCUT2D eigenvalue weighted by atomic mass is 19.4. The van der Waals surface area contributed by atoms with Crippen molar-refractivity contribution >= 4 is 11.5 Å². The minimum atomic E-state index is -4.58. The van der Waals surface area contributed by atoms with Crippen molar-refractivity contribution in [3.8, 4) is 0 Å². The molecule has 5 nitrogen and oxygen atoms in total. The Hall–Kier alpha value is -1.86. The Balaban J connectivity index is 2.01. The molecule has 0 bridgehead atoms. The van der Waals surface area contributed by atoms with E-state index in [2.05, 4.69) is 20.6 Å². The minimum Gasteiger partial charge on any atom is -0.366 e. The Bertz CT molecular complexity index is 699. The van der Waals surface area contributed by atoms with E-state index in [-0.39, 0.29) is 11.7 Å². The summed E-state index contributed by atoms with van der Waals surface area (Å²) in [6.07, 6.45) is 2.17. The van der Waals surface area contributed by atoms with Crippen molar-refractivity contribution in [1.82, 2.24) is 19.8 Å². The number of aryl methyl sites for hydroxylation is 1. The molecular weight excluding hydrogens is 307 g/mol. The molecule has 1 aliphatic rings. The monoisotopic (exact) mass is 327 g/mol. The molecule has 0 saturated heterocycles. The van der Waals surface area contributed by atoms with Gasteiger partial charge >= 0.3 is 6.18 Å². The summed E-state index contributed by atoms with van der Waals surface area (Å²) in [5.41, 5.74) is 1.64. The lowest BCUT2D eigenvalue weighted by Gasteiger charge is -2.19. The van der Waals surface area contributed by atoms with Crippen LogP contribution in [0, 0.1) is 13.8 Å².